The SMILES string of the molecule is COC(C)(C)CC1n2cncc2CN([C@@H](C)c2ccc(Cl)cc2)S1(=O)=O. The van der Waals surface area contributed by atoms with E-state index in [1.807, 2.05) is 32.9 Å². The molecule has 0 saturated heterocycles. The van der Waals surface area contributed by atoms with Gasteiger partial charge in [0.15, 0.2) is 5.37 Å². The molecule has 6 nitrogen and oxygen atoms in total. The molecule has 0 spiro atoms. The molecule has 0 bridgehead atoms. The molecule has 0 N–H and O–H groups in total. The largest absolute Gasteiger partial charge is 0.379 e. The molecule has 1 aliphatic heterocycles. The predicted octanol–water partition coefficient (Wildman–Crippen LogP) is 3.76. The van der Waals surface area contributed by atoms with Crippen LogP contribution in [0.25, 0.3) is 0 Å². The minimum atomic E-state index is -3.61. The zero-order valence-corrected chi connectivity index (χ0v) is 17.0. The molecule has 2 atom stereocenters. The maximum absolute atomic E-state index is 13.4. The first-order valence-electron chi connectivity index (χ1n) is 8.48. The molecule has 26 heavy (non-hydrogen) atoms. The van der Waals surface area contributed by atoms with Crippen molar-refractivity contribution < 1.29 is 13.2 Å². The Morgan fingerprint density at radius 1 is 1.35 bits per heavy atom. The van der Waals surface area contributed by atoms with Crippen LogP contribution in [0, 0.1) is 0 Å². The number of benzene rings is 1. The van der Waals surface area contributed by atoms with Crippen molar-refractivity contribution in [1.29, 1.82) is 0 Å². The molecule has 2 aromatic rings. The van der Waals surface area contributed by atoms with Gasteiger partial charge in [-0.1, -0.05) is 23.7 Å². The highest BCUT2D eigenvalue weighted by Crippen LogP contribution is 2.39. The number of fused-ring (bicyclic) bond motifs is 1. The highest BCUT2D eigenvalue weighted by molar-refractivity contribution is 7.89. The normalized spacial score (nSPS) is 21.3. The van der Waals surface area contributed by atoms with Gasteiger partial charge in [-0.2, -0.15) is 4.31 Å². The van der Waals surface area contributed by atoms with Gasteiger partial charge in [0.25, 0.3) is 0 Å². The second kappa shape index (κ2) is 6.96. The number of aromatic nitrogens is 2. The molecule has 0 aliphatic carbocycles. The Kier molecular flexibility index (Phi) is 5.18. The Labute approximate surface area is 159 Å². The highest BCUT2D eigenvalue weighted by atomic mass is 35.5. The van der Waals surface area contributed by atoms with Crippen molar-refractivity contribution in [3.63, 3.8) is 0 Å². The highest BCUT2D eigenvalue weighted by Gasteiger charge is 2.44. The molecule has 2 heterocycles. The third kappa shape index (κ3) is 3.53. The minimum absolute atomic E-state index is 0.288. The van der Waals surface area contributed by atoms with Crippen molar-refractivity contribution in [3.05, 3.63) is 53.1 Å². The van der Waals surface area contributed by atoms with E-state index in [1.165, 1.54) is 0 Å². The summed E-state index contributed by atoms with van der Waals surface area (Å²) >= 11 is 5.96. The number of methoxy groups -OCH3 is 1. The maximum Gasteiger partial charge on any atom is 0.236 e. The second-order valence-electron chi connectivity index (χ2n) is 7.23. The van der Waals surface area contributed by atoms with Gasteiger partial charge in [0.2, 0.25) is 10.0 Å². The second-order valence-corrected chi connectivity index (χ2v) is 9.71. The van der Waals surface area contributed by atoms with Crippen molar-refractivity contribution in [2.75, 3.05) is 7.11 Å². The van der Waals surface area contributed by atoms with Gasteiger partial charge in [-0.3, -0.25) is 0 Å². The van der Waals surface area contributed by atoms with E-state index in [2.05, 4.69) is 4.98 Å². The third-order valence-electron chi connectivity index (χ3n) is 5.05. The lowest BCUT2D eigenvalue weighted by molar-refractivity contribution is 0.00889. The Morgan fingerprint density at radius 2 is 2.00 bits per heavy atom. The number of halogens is 1. The summed E-state index contributed by atoms with van der Waals surface area (Å²) < 4.78 is 35.7. The van der Waals surface area contributed by atoms with Crippen LogP contribution in [-0.2, 0) is 21.3 Å². The number of nitrogens with zero attached hydrogens (tertiary/aromatic N) is 3. The van der Waals surface area contributed by atoms with Crippen LogP contribution in [0.2, 0.25) is 5.02 Å². The van der Waals surface area contributed by atoms with Crippen molar-refractivity contribution in [3.8, 4) is 0 Å². The molecule has 0 saturated carbocycles. The topological polar surface area (TPSA) is 64.4 Å². The summed E-state index contributed by atoms with van der Waals surface area (Å²) in [6.45, 7) is 5.96. The fourth-order valence-electron chi connectivity index (χ4n) is 3.24. The molecule has 0 radical (unpaired) electrons. The zero-order valence-electron chi connectivity index (χ0n) is 15.4. The van der Waals surface area contributed by atoms with Gasteiger partial charge in [0, 0.05) is 30.8 Å². The lowest BCUT2D eigenvalue weighted by Crippen LogP contribution is -2.45. The number of hydrogen-bond acceptors (Lipinski definition) is 4. The predicted molar refractivity (Wildman–Crippen MR) is 101 cm³/mol. The summed E-state index contributed by atoms with van der Waals surface area (Å²) in [5.41, 5.74) is 1.19. The Hall–Kier alpha value is -1.41. The van der Waals surface area contributed by atoms with Gasteiger partial charge in [0.05, 0.1) is 24.2 Å². The summed E-state index contributed by atoms with van der Waals surface area (Å²) in [5.74, 6) is 0. The van der Waals surface area contributed by atoms with Gasteiger partial charge in [-0.15, -0.1) is 0 Å². The standard InChI is InChI=1S/C18H24ClN3O3S/c1-13(14-5-7-15(19)8-6-14)22-11-16-10-20-12-21(16)17(26(22,23)24)9-18(2,3)25-4/h5-8,10,12-13,17H,9,11H2,1-4H3/t13-,17?/m0/s1. The van der Waals surface area contributed by atoms with Crippen LogP contribution in [0.4, 0.5) is 0 Å². The van der Waals surface area contributed by atoms with Crippen LogP contribution < -0.4 is 0 Å². The van der Waals surface area contributed by atoms with E-state index < -0.39 is 21.0 Å². The molecule has 0 amide bonds. The van der Waals surface area contributed by atoms with Crippen LogP contribution in [0.1, 0.15) is 49.9 Å². The molecule has 1 aliphatic rings. The van der Waals surface area contributed by atoms with Gasteiger partial charge in [-0.05, 0) is 38.5 Å². The number of hydrogen-bond donors (Lipinski definition) is 0. The average Bonchev–Trinajstić information content (AvgIpc) is 3.05. The van der Waals surface area contributed by atoms with Crippen LogP contribution >= 0.6 is 11.6 Å². The van der Waals surface area contributed by atoms with E-state index in [0.29, 0.717) is 11.4 Å². The monoisotopic (exact) mass is 397 g/mol. The molecule has 142 valence electrons. The first-order valence-corrected chi connectivity index (χ1v) is 10.4. The van der Waals surface area contributed by atoms with E-state index in [1.54, 1.807) is 40.6 Å². The summed E-state index contributed by atoms with van der Waals surface area (Å²) in [5, 5.41) is -0.126. The van der Waals surface area contributed by atoms with E-state index >= 15 is 0 Å². The summed E-state index contributed by atoms with van der Waals surface area (Å²) in [4.78, 5) is 4.17. The molecular weight excluding hydrogens is 374 g/mol. The van der Waals surface area contributed by atoms with E-state index in [9.17, 15) is 8.42 Å². The molecule has 3 rings (SSSR count). The van der Waals surface area contributed by atoms with Crippen molar-refractivity contribution in [2.24, 2.45) is 0 Å². The molecule has 8 heteroatoms. The number of ether oxygens (including phenoxy) is 1. The van der Waals surface area contributed by atoms with E-state index in [4.69, 9.17) is 16.3 Å². The molecule has 1 unspecified atom stereocenters. The van der Waals surface area contributed by atoms with E-state index in [0.717, 1.165) is 11.3 Å². The minimum Gasteiger partial charge on any atom is -0.379 e. The Balaban J connectivity index is 2.01. The molecule has 0 fully saturated rings. The maximum atomic E-state index is 13.4. The first kappa shape index (κ1) is 19.4. The van der Waals surface area contributed by atoms with Gasteiger partial charge < -0.3 is 9.30 Å². The third-order valence-corrected chi connectivity index (χ3v) is 7.48. The van der Waals surface area contributed by atoms with Crippen molar-refractivity contribution >= 4 is 21.6 Å². The quantitative estimate of drug-likeness (QED) is 0.770. The van der Waals surface area contributed by atoms with Gasteiger partial charge in [0.1, 0.15) is 0 Å². The fourth-order valence-corrected chi connectivity index (χ4v) is 5.64. The summed E-state index contributed by atoms with van der Waals surface area (Å²) in [7, 11) is -2.01. The summed E-state index contributed by atoms with van der Waals surface area (Å²) in [6, 6.07) is 6.97. The van der Waals surface area contributed by atoms with Crippen molar-refractivity contribution in [2.45, 2.75) is 50.8 Å². The average molecular weight is 398 g/mol. The van der Waals surface area contributed by atoms with Crippen LogP contribution in [0.3, 0.4) is 0 Å². The Morgan fingerprint density at radius 3 is 2.62 bits per heavy atom. The molecule has 1 aromatic carbocycles. The fraction of sp³-hybridized carbons (Fsp3) is 0.500. The van der Waals surface area contributed by atoms with Crippen LogP contribution in [-0.4, -0.2) is 35.0 Å². The Bertz CT molecular complexity index is 877. The van der Waals surface area contributed by atoms with Crippen LogP contribution in [0.5, 0.6) is 0 Å². The number of sulfonamides is 1. The van der Waals surface area contributed by atoms with Crippen molar-refractivity contribution in [1.82, 2.24) is 13.9 Å². The molecule has 1 aromatic heterocycles. The van der Waals surface area contributed by atoms with Crippen LogP contribution in [0.15, 0.2) is 36.8 Å². The zero-order chi connectivity index (χ0) is 19.1. The summed E-state index contributed by atoms with van der Waals surface area (Å²) in [6.07, 6.45) is 3.65. The lowest BCUT2D eigenvalue weighted by atomic mass is 10.1. The van der Waals surface area contributed by atoms with Gasteiger partial charge >= 0.3 is 0 Å². The molecular formula is C18H24ClN3O3S. The first-order chi connectivity index (χ1) is 12.2. The van der Waals surface area contributed by atoms with E-state index in [-0.39, 0.29) is 12.6 Å². The number of rotatable bonds is 5. The van der Waals surface area contributed by atoms with Gasteiger partial charge in [-0.25, -0.2) is 13.4 Å². The smallest absolute Gasteiger partial charge is 0.236 e. The number of imidazole rings is 1. The lowest BCUT2D eigenvalue weighted by Gasteiger charge is -2.39.